The van der Waals surface area contributed by atoms with Crippen molar-refractivity contribution in [3.05, 3.63) is 39.9 Å². The number of likely N-dealkylation sites (N-methyl/N-ethyl adjacent to an activating group) is 1. The van der Waals surface area contributed by atoms with Crippen molar-refractivity contribution in [2.24, 2.45) is 0 Å². The summed E-state index contributed by atoms with van der Waals surface area (Å²) in [6.07, 6.45) is 0.291. The molecule has 0 aliphatic carbocycles. The van der Waals surface area contributed by atoms with Gasteiger partial charge in [-0.3, -0.25) is 14.9 Å². The molecule has 0 fully saturated rings. The van der Waals surface area contributed by atoms with Gasteiger partial charge in [-0.25, -0.2) is 4.79 Å². The van der Waals surface area contributed by atoms with Crippen molar-refractivity contribution in [2.45, 2.75) is 32.2 Å². The van der Waals surface area contributed by atoms with Crippen LogP contribution < -0.4 is 0 Å². The number of carboxylic acid groups (broad SMARTS) is 1. The predicted molar refractivity (Wildman–Crippen MR) is 76.0 cm³/mol. The van der Waals surface area contributed by atoms with Crippen LogP contribution in [0.4, 0.5) is 5.69 Å². The third-order valence-electron chi connectivity index (χ3n) is 3.44. The minimum Gasteiger partial charge on any atom is -0.480 e. The molecule has 1 N–H and O–H groups in total. The molecular formula is C14H18N2O5. The number of nitro benzene ring substituents is 1. The second-order valence-corrected chi connectivity index (χ2v) is 4.79. The average Bonchev–Trinajstić information content (AvgIpc) is 2.45. The molecule has 1 aromatic rings. The fraction of sp³-hybridized carbons (Fsp3) is 0.429. The molecule has 0 heterocycles. The highest BCUT2D eigenvalue weighted by Crippen LogP contribution is 2.23. The minimum absolute atomic E-state index is 0.0971. The molecule has 21 heavy (non-hydrogen) atoms. The third kappa shape index (κ3) is 3.77. The highest BCUT2D eigenvalue weighted by atomic mass is 16.6. The Hall–Kier alpha value is -2.44. The lowest BCUT2D eigenvalue weighted by molar-refractivity contribution is -0.384. The molecule has 0 aliphatic heterocycles. The van der Waals surface area contributed by atoms with E-state index in [0.717, 1.165) is 0 Å². The lowest BCUT2D eigenvalue weighted by Crippen LogP contribution is -2.43. The van der Waals surface area contributed by atoms with Crippen LogP contribution in [0.5, 0.6) is 0 Å². The number of nitro groups is 1. The number of nitrogens with zero attached hydrogens (tertiary/aromatic N) is 2. The predicted octanol–water partition coefficient (Wildman–Crippen LogP) is 2.02. The van der Waals surface area contributed by atoms with Crippen LogP contribution in [0.2, 0.25) is 0 Å². The van der Waals surface area contributed by atoms with E-state index in [4.69, 9.17) is 5.11 Å². The molecule has 2 atom stereocenters. The van der Waals surface area contributed by atoms with Gasteiger partial charge in [0.2, 0.25) is 5.91 Å². The van der Waals surface area contributed by atoms with Crippen LogP contribution in [0.15, 0.2) is 24.3 Å². The second-order valence-electron chi connectivity index (χ2n) is 4.79. The molecule has 0 bridgehead atoms. The smallest absolute Gasteiger partial charge is 0.326 e. The Balaban J connectivity index is 2.99. The van der Waals surface area contributed by atoms with Gasteiger partial charge in [-0.05, 0) is 18.9 Å². The number of hydrogen-bond donors (Lipinski definition) is 1. The summed E-state index contributed by atoms with van der Waals surface area (Å²) in [6, 6.07) is 4.89. The van der Waals surface area contributed by atoms with E-state index in [1.54, 1.807) is 19.9 Å². The van der Waals surface area contributed by atoms with Crippen LogP contribution in [0, 0.1) is 10.1 Å². The number of benzene rings is 1. The first-order valence-corrected chi connectivity index (χ1v) is 6.53. The molecule has 0 saturated heterocycles. The average molecular weight is 294 g/mol. The Morgan fingerprint density at radius 2 is 2.05 bits per heavy atom. The summed E-state index contributed by atoms with van der Waals surface area (Å²) >= 11 is 0. The topological polar surface area (TPSA) is 101 Å². The zero-order valence-corrected chi connectivity index (χ0v) is 12.1. The monoisotopic (exact) mass is 294 g/mol. The quantitative estimate of drug-likeness (QED) is 0.639. The lowest BCUT2D eigenvalue weighted by Gasteiger charge is -2.26. The summed E-state index contributed by atoms with van der Waals surface area (Å²) in [4.78, 5) is 34.8. The van der Waals surface area contributed by atoms with Gasteiger partial charge in [0.1, 0.15) is 6.04 Å². The molecular weight excluding hydrogens is 276 g/mol. The fourth-order valence-corrected chi connectivity index (χ4v) is 2.12. The number of carboxylic acids is 1. The first-order chi connectivity index (χ1) is 9.79. The number of carbonyl (C=O) groups excluding carboxylic acids is 1. The molecule has 0 radical (unpaired) electrons. The van der Waals surface area contributed by atoms with Gasteiger partial charge in [-0.15, -0.1) is 0 Å². The maximum atomic E-state index is 12.3. The molecule has 7 heteroatoms. The Kier molecular flexibility index (Phi) is 5.40. The fourth-order valence-electron chi connectivity index (χ4n) is 2.12. The summed E-state index contributed by atoms with van der Waals surface area (Å²) in [5, 5.41) is 19.8. The van der Waals surface area contributed by atoms with Gasteiger partial charge in [0.15, 0.2) is 0 Å². The van der Waals surface area contributed by atoms with E-state index in [-0.39, 0.29) is 11.6 Å². The number of carbonyl (C=O) groups is 2. The van der Waals surface area contributed by atoms with Crippen molar-refractivity contribution < 1.29 is 19.6 Å². The van der Waals surface area contributed by atoms with Gasteiger partial charge in [0.25, 0.3) is 5.69 Å². The van der Waals surface area contributed by atoms with E-state index in [0.29, 0.717) is 12.0 Å². The first kappa shape index (κ1) is 16.6. The van der Waals surface area contributed by atoms with Gasteiger partial charge < -0.3 is 10.0 Å². The van der Waals surface area contributed by atoms with Gasteiger partial charge in [-0.2, -0.15) is 0 Å². The maximum absolute atomic E-state index is 12.3. The third-order valence-corrected chi connectivity index (χ3v) is 3.44. The van der Waals surface area contributed by atoms with E-state index in [1.807, 2.05) is 0 Å². The molecule has 0 aromatic heterocycles. The van der Waals surface area contributed by atoms with E-state index in [9.17, 15) is 19.7 Å². The van der Waals surface area contributed by atoms with Crippen molar-refractivity contribution in [1.82, 2.24) is 4.90 Å². The highest BCUT2D eigenvalue weighted by molar-refractivity contribution is 5.87. The van der Waals surface area contributed by atoms with Crippen LogP contribution >= 0.6 is 0 Å². The van der Waals surface area contributed by atoms with Gasteiger partial charge >= 0.3 is 5.97 Å². The van der Waals surface area contributed by atoms with Crippen LogP contribution in [0.1, 0.15) is 31.7 Å². The number of aliphatic carboxylic acids is 1. The first-order valence-electron chi connectivity index (χ1n) is 6.53. The summed E-state index contributed by atoms with van der Waals surface area (Å²) in [7, 11) is 1.43. The number of hydrogen-bond acceptors (Lipinski definition) is 4. The number of amides is 1. The standard InChI is InChI=1S/C14H18N2O5/c1-4-12(14(18)19)15(3)13(17)9(2)10-6-5-7-11(8-10)16(20)21/h5-9,12H,4H2,1-3H3,(H,18,19). The van der Waals surface area contributed by atoms with E-state index < -0.39 is 22.9 Å². The zero-order valence-electron chi connectivity index (χ0n) is 12.1. The van der Waals surface area contributed by atoms with E-state index in [1.165, 1.54) is 30.1 Å². The summed E-state index contributed by atoms with van der Waals surface area (Å²) in [5.74, 6) is -2.10. The molecule has 7 nitrogen and oxygen atoms in total. The Bertz CT molecular complexity index is 558. The second kappa shape index (κ2) is 6.83. The Labute approximate surface area is 122 Å². The molecule has 0 aliphatic rings. The zero-order chi connectivity index (χ0) is 16.2. The number of rotatable bonds is 6. The molecule has 0 saturated carbocycles. The van der Waals surface area contributed by atoms with Crippen molar-refractivity contribution >= 4 is 17.6 Å². The summed E-state index contributed by atoms with van der Waals surface area (Å²) < 4.78 is 0. The molecule has 0 spiro atoms. The molecule has 2 unspecified atom stereocenters. The maximum Gasteiger partial charge on any atom is 0.326 e. The Morgan fingerprint density at radius 1 is 1.43 bits per heavy atom. The van der Waals surface area contributed by atoms with Crippen LogP contribution in [0.3, 0.4) is 0 Å². The van der Waals surface area contributed by atoms with Gasteiger partial charge in [-0.1, -0.05) is 19.1 Å². The molecule has 1 rings (SSSR count). The molecule has 1 amide bonds. The largest absolute Gasteiger partial charge is 0.480 e. The highest BCUT2D eigenvalue weighted by Gasteiger charge is 2.29. The van der Waals surface area contributed by atoms with E-state index >= 15 is 0 Å². The van der Waals surface area contributed by atoms with Crippen molar-refractivity contribution in [3.63, 3.8) is 0 Å². The number of non-ortho nitro benzene ring substituents is 1. The summed E-state index contributed by atoms with van der Waals surface area (Å²) in [6.45, 7) is 3.28. The molecule has 1 aromatic carbocycles. The van der Waals surface area contributed by atoms with Crippen molar-refractivity contribution in [3.8, 4) is 0 Å². The Morgan fingerprint density at radius 3 is 2.52 bits per heavy atom. The van der Waals surface area contributed by atoms with Crippen LogP contribution in [-0.2, 0) is 9.59 Å². The van der Waals surface area contributed by atoms with E-state index in [2.05, 4.69) is 0 Å². The van der Waals surface area contributed by atoms with Crippen molar-refractivity contribution in [1.29, 1.82) is 0 Å². The van der Waals surface area contributed by atoms with Gasteiger partial charge in [0, 0.05) is 19.2 Å². The SMILES string of the molecule is CCC(C(=O)O)N(C)C(=O)C(C)c1cccc([N+](=O)[O-])c1. The summed E-state index contributed by atoms with van der Waals surface area (Å²) in [5.41, 5.74) is 0.390. The normalized spacial score (nSPS) is 13.3. The van der Waals surface area contributed by atoms with Crippen LogP contribution in [-0.4, -0.2) is 39.9 Å². The van der Waals surface area contributed by atoms with Gasteiger partial charge in [0.05, 0.1) is 10.8 Å². The molecule has 114 valence electrons. The van der Waals surface area contributed by atoms with Crippen molar-refractivity contribution in [2.75, 3.05) is 7.05 Å². The van der Waals surface area contributed by atoms with Crippen LogP contribution in [0.25, 0.3) is 0 Å². The minimum atomic E-state index is -1.07. The lowest BCUT2D eigenvalue weighted by atomic mass is 9.98.